The van der Waals surface area contributed by atoms with Gasteiger partial charge in [-0.25, -0.2) is 15.0 Å². The summed E-state index contributed by atoms with van der Waals surface area (Å²) in [6.45, 7) is 25.7. The zero-order valence-electron chi connectivity index (χ0n) is 28.7. The first kappa shape index (κ1) is 38.1. The Morgan fingerprint density at radius 2 is 0.933 bits per heavy atom. The number of nitrogens with zero attached hydrogens (tertiary/aromatic N) is 4. The highest BCUT2D eigenvalue weighted by Gasteiger charge is 2.13. The van der Waals surface area contributed by atoms with Crippen molar-refractivity contribution in [1.29, 1.82) is 0 Å². The molecule has 0 N–H and O–H groups in total. The van der Waals surface area contributed by atoms with Gasteiger partial charge in [-0.1, -0.05) is 172 Å². The lowest BCUT2D eigenvalue weighted by atomic mass is 10.0. The SMILES string of the molecule is C=C/C=C(\C=C)c1ccc(-c2nc(-c3ccccc3)nc(-c3ccc(-c4cccc(C)n4)cc3)n2)cc1.CC.CC.CC.CC. The molecular formula is C41H50N4. The zero-order chi connectivity index (χ0) is 33.6. The van der Waals surface area contributed by atoms with Crippen LogP contribution in [0.25, 0.3) is 51.0 Å². The van der Waals surface area contributed by atoms with Crippen LogP contribution < -0.4 is 0 Å². The molecule has 0 aliphatic rings. The number of aromatic nitrogens is 4. The molecule has 45 heavy (non-hydrogen) atoms. The molecule has 2 heterocycles. The first-order valence-corrected chi connectivity index (χ1v) is 16.1. The molecule has 0 unspecified atom stereocenters. The first-order valence-electron chi connectivity index (χ1n) is 16.1. The van der Waals surface area contributed by atoms with Gasteiger partial charge in [-0.15, -0.1) is 0 Å². The highest BCUT2D eigenvalue weighted by Crippen LogP contribution is 2.27. The van der Waals surface area contributed by atoms with E-state index in [4.69, 9.17) is 15.0 Å². The van der Waals surface area contributed by atoms with Gasteiger partial charge in [0.25, 0.3) is 0 Å². The van der Waals surface area contributed by atoms with E-state index in [2.05, 4.69) is 30.3 Å². The van der Waals surface area contributed by atoms with Crippen molar-refractivity contribution in [3.05, 3.63) is 140 Å². The standard InChI is InChI=1S/C33H26N4.4C2H6/c1-4-10-24(5-2)25-15-19-28(20-16-25)32-35-31(27-12-7-6-8-13-27)36-33(37-32)29-21-17-26(18-22-29)30-14-9-11-23(3)34-30;4*1-2/h4-22H,1-2H2,3H3;4*1-2H3/b24-10+;;;;. The van der Waals surface area contributed by atoms with Gasteiger partial charge in [-0.2, -0.15) is 0 Å². The summed E-state index contributed by atoms with van der Waals surface area (Å²) in [5.41, 5.74) is 7.80. The van der Waals surface area contributed by atoms with E-state index in [-0.39, 0.29) is 0 Å². The van der Waals surface area contributed by atoms with Crippen molar-refractivity contribution < 1.29 is 0 Å². The number of rotatable bonds is 7. The van der Waals surface area contributed by atoms with Gasteiger partial charge < -0.3 is 0 Å². The van der Waals surface area contributed by atoms with E-state index in [9.17, 15) is 0 Å². The van der Waals surface area contributed by atoms with Crippen LogP contribution in [0.15, 0.2) is 128 Å². The molecule has 3 aromatic carbocycles. The van der Waals surface area contributed by atoms with Gasteiger partial charge in [-0.05, 0) is 30.2 Å². The number of allylic oxidation sites excluding steroid dienone is 4. The van der Waals surface area contributed by atoms with Crippen LogP contribution in [0.1, 0.15) is 66.6 Å². The molecule has 0 radical (unpaired) electrons. The van der Waals surface area contributed by atoms with Crippen molar-refractivity contribution in [2.24, 2.45) is 0 Å². The van der Waals surface area contributed by atoms with Crippen molar-refractivity contribution >= 4 is 5.57 Å². The van der Waals surface area contributed by atoms with E-state index in [0.717, 1.165) is 44.8 Å². The second-order valence-electron chi connectivity index (χ2n) is 8.55. The molecule has 0 atom stereocenters. The Hall–Kier alpha value is -4.96. The number of pyridine rings is 1. The smallest absolute Gasteiger partial charge is 0.164 e. The van der Waals surface area contributed by atoms with Crippen LogP contribution in [-0.2, 0) is 0 Å². The van der Waals surface area contributed by atoms with E-state index in [1.165, 1.54) is 0 Å². The quantitative estimate of drug-likeness (QED) is 0.175. The third kappa shape index (κ3) is 10.9. The topological polar surface area (TPSA) is 51.6 Å². The molecule has 234 valence electrons. The van der Waals surface area contributed by atoms with Gasteiger partial charge in [0, 0.05) is 27.9 Å². The maximum atomic E-state index is 4.86. The van der Waals surface area contributed by atoms with Crippen molar-refractivity contribution in [3.8, 4) is 45.4 Å². The Balaban J connectivity index is 0.00000117. The summed E-state index contributed by atoms with van der Waals surface area (Å²) >= 11 is 0. The number of benzene rings is 3. The lowest BCUT2D eigenvalue weighted by Crippen LogP contribution is -2.00. The lowest BCUT2D eigenvalue weighted by molar-refractivity contribution is 1.07. The highest BCUT2D eigenvalue weighted by atomic mass is 15.0. The molecular weight excluding hydrogens is 548 g/mol. The van der Waals surface area contributed by atoms with Crippen LogP contribution in [-0.4, -0.2) is 19.9 Å². The second-order valence-corrected chi connectivity index (χ2v) is 8.55. The predicted molar refractivity (Wildman–Crippen MR) is 198 cm³/mol. The summed E-state index contributed by atoms with van der Waals surface area (Å²) in [6, 6.07) is 32.3. The second kappa shape index (κ2) is 21.7. The lowest BCUT2D eigenvalue weighted by Gasteiger charge is -2.10. The van der Waals surface area contributed by atoms with E-state index in [1.807, 2.05) is 159 Å². The van der Waals surface area contributed by atoms with Gasteiger partial charge in [0.15, 0.2) is 17.5 Å². The molecule has 5 rings (SSSR count). The van der Waals surface area contributed by atoms with Gasteiger partial charge in [-0.3, -0.25) is 4.98 Å². The van der Waals surface area contributed by atoms with Gasteiger partial charge in [0.1, 0.15) is 0 Å². The largest absolute Gasteiger partial charge is 0.253 e. The summed E-state index contributed by atoms with van der Waals surface area (Å²) in [4.78, 5) is 19.1. The third-order valence-electron chi connectivity index (χ3n) is 5.99. The Bertz CT molecular complexity index is 1580. The molecule has 0 aliphatic heterocycles. The molecule has 5 aromatic rings. The molecule has 4 heteroatoms. The summed E-state index contributed by atoms with van der Waals surface area (Å²) in [6.07, 6.45) is 5.52. The molecule has 0 saturated carbocycles. The third-order valence-corrected chi connectivity index (χ3v) is 5.99. The maximum absolute atomic E-state index is 4.86. The van der Waals surface area contributed by atoms with Crippen molar-refractivity contribution in [2.75, 3.05) is 0 Å². The first-order chi connectivity index (χ1) is 22.1. The van der Waals surface area contributed by atoms with Crippen molar-refractivity contribution in [2.45, 2.75) is 62.3 Å². The van der Waals surface area contributed by atoms with Gasteiger partial charge in [0.05, 0.1) is 5.69 Å². The fourth-order valence-electron chi connectivity index (χ4n) is 4.07. The molecule has 0 spiro atoms. The molecule has 0 fully saturated rings. The highest BCUT2D eigenvalue weighted by molar-refractivity contribution is 5.76. The van der Waals surface area contributed by atoms with Crippen LogP contribution in [0.4, 0.5) is 0 Å². The van der Waals surface area contributed by atoms with Crippen LogP contribution in [0.3, 0.4) is 0 Å². The fraction of sp³-hybridized carbons (Fsp3) is 0.220. The van der Waals surface area contributed by atoms with Crippen molar-refractivity contribution in [1.82, 2.24) is 19.9 Å². The Kier molecular flexibility index (Phi) is 18.3. The summed E-state index contributed by atoms with van der Waals surface area (Å²) < 4.78 is 0. The Morgan fingerprint density at radius 3 is 1.38 bits per heavy atom. The zero-order valence-corrected chi connectivity index (χ0v) is 28.7. The fourth-order valence-corrected chi connectivity index (χ4v) is 4.07. The molecule has 4 nitrogen and oxygen atoms in total. The summed E-state index contributed by atoms with van der Waals surface area (Å²) in [7, 11) is 0. The number of hydrogen-bond acceptors (Lipinski definition) is 4. The Morgan fingerprint density at radius 1 is 0.489 bits per heavy atom. The van der Waals surface area contributed by atoms with E-state index < -0.39 is 0 Å². The van der Waals surface area contributed by atoms with Gasteiger partial charge >= 0.3 is 0 Å². The normalized spacial score (nSPS) is 9.76. The van der Waals surface area contributed by atoms with Crippen LogP contribution in [0, 0.1) is 6.92 Å². The number of aryl methyl sites for hydroxylation is 1. The van der Waals surface area contributed by atoms with Crippen LogP contribution in [0.2, 0.25) is 0 Å². The monoisotopic (exact) mass is 598 g/mol. The minimum atomic E-state index is 0.618. The van der Waals surface area contributed by atoms with Crippen LogP contribution in [0.5, 0.6) is 0 Å². The summed E-state index contributed by atoms with van der Waals surface area (Å²) in [5.74, 6) is 1.87. The number of hydrogen-bond donors (Lipinski definition) is 0. The molecule has 0 aliphatic carbocycles. The average molecular weight is 599 g/mol. The Labute approximate surface area is 272 Å². The minimum Gasteiger partial charge on any atom is -0.253 e. The van der Waals surface area contributed by atoms with E-state index in [0.29, 0.717) is 17.5 Å². The van der Waals surface area contributed by atoms with Gasteiger partial charge in [0.2, 0.25) is 0 Å². The predicted octanol–water partition coefficient (Wildman–Crippen LogP) is 12.1. The molecule has 2 aromatic heterocycles. The average Bonchev–Trinajstić information content (AvgIpc) is 3.14. The molecule has 0 bridgehead atoms. The van der Waals surface area contributed by atoms with E-state index in [1.54, 1.807) is 6.08 Å². The minimum absolute atomic E-state index is 0.618. The van der Waals surface area contributed by atoms with Crippen LogP contribution >= 0.6 is 0 Å². The summed E-state index contributed by atoms with van der Waals surface area (Å²) in [5, 5.41) is 0. The molecule has 0 saturated heterocycles. The maximum Gasteiger partial charge on any atom is 0.164 e. The molecule has 0 amide bonds. The van der Waals surface area contributed by atoms with E-state index >= 15 is 0 Å². The van der Waals surface area contributed by atoms with Crippen molar-refractivity contribution in [3.63, 3.8) is 0 Å².